The topological polar surface area (TPSA) is 330 Å². The summed E-state index contributed by atoms with van der Waals surface area (Å²) in [5, 5.41) is 34.8. The quantitative estimate of drug-likeness (QED) is 0.0448. The predicted octanol–water partition coefficient (Wildman–Crippen LogP) is 0.329. The number of carbonyl (C=O) groups excluding carboxylic acids is 7. The van der Waals surface area contributed by atoms with Gasteiger partial charge in [0.15, 0.2) is 0 Å². The van der Waals surface area contributed by atoms with Crippen LogP contribution in [0.3, 0.4) is 0 Å². The van der Waals surface area contributed by atoms with Crippen LogP contribution in [0.2, 0.25) is 0 Å². The molecule has 20 nitrogen and oxygen atoms in total. The summed E-state index contributed by atoms with van der Waals surface area (Å²) < 4.78 is 0. The van der Waals surface area contributed by atoms with Crippen molar-refractivity contribution in [2.24, 2.45) is 17.4 Å². The second-order valence-electron chi connectivity index (χ2n) is 16.4. The van der Waals surface area contributed by atoms with Crippen molar-refractivity contribution in [3.8, 4) is 5.75 Å². The molecule has 0 saturated carbocycles. The third-order valence-corrected chi connectivity index (χ3v) is 11.0. The smallest absolute Gasteiger partial charge is 0.305 e. The minimum absolute atomic E-state index is 0.0109. The Labute approximate surface area is 388 Å². The first-order valence-corrected chi connectivity index (χ1v) is 23.2. The highest BCUT2D eigenvalue weighted by Gasteiger charge is 2.34. The number of aromatic amines is 1. The number of imidazole rings is 1. The van der Waals surface area contributed by atoms with Gasteiger partial charge in [-0.1, -0.05) is 76.1 Å². The number of amides is 7. The largest absolute Gasteiger partial charge is 0.508 e. The maximum atomic E-state index is 14.4. The van der Waals surface area contributed by atoms with Crippen molar-refractivity contribution >= 4 is 59.1 Å². The van der Waals surface area contributed by atoms with Gasteiger partial charge in [0.05, 0.1) is 18.8 Å². The number of H-pyrrole nitrogens is 1. The number of thioether (sulfide) groups is 1. The van der Waals surface area contributed by atoms with Crippen molar-refractivity contribution in [1.82, 2.24) is 41.9 Å². The molecule has 0 aliphatic rings. The normalized spacial score (nSPS) is 14.3. The van der Waals surface area contributed by atoms with Crippen molar-refractivity contribution in [3.63, 3.8) is 0 Å². The monoisotopic (exact) mass is 936 g/mol. The summed E-state index contributed by atoms with van der Waals surface area (Å²) in [7, 11) is 0. The van der Waals surface area contributed by atoms with Gasteiger partial charge < -0.3 is 58.6 Å². The average molecular weight is 937 g/mol. The number of carbonyl (C=O) groups is 8. The van der Waals surface area contributed by atoms with Crippen LogP contribution in [0.15, 0.2) is 67.1 Å². The van der Waals surface area contributed by atoms with Gasteiger partial charge in [-0.2, -0.15) is 11.8 Å². The lowest BCUT2D eigenvalue weighted by Crippen LogP contribution is -2.60. The summed E-state index contributed by atoms with van der Waals surface area (Å²) in [5.74, 6) is -6.45. The Kier molecular flexibility index (Phi) is 22.6. The molecule has 1 aromatic heterocycles. The number of phenols is 1. The van der Waals surface area contributed by atoms with E-state index in [4.69, 9.17) is 11.5 Å². The average Bonchev–Trinajstić information content (AvgIpc) is 3.79. The molecule has 0 radical (unpaired) electrons. The molecule has 2 aromatic carbocycles. The zero-order valence-corrected chi connectivity index (χ0v) is 38.5. The molecule has 0 bridgehead atoms. The molecule has 0 aliphatic carbocycles. The lowest BCUT2D eigenvalue weighted by atomic mass is 10.0. The molecule has 21 heteroatoms. The van der Waals surface area contributed by atoms with E-state index in [-0.39, 0.29) is 50.2 Å². The molecule has 0 fully saturated rings. The van der Waals surface area contributed by atoms with Crippen LogP contribution in [0.5, 0.6) is 5.75 Å². The number of nitrogens with zero attached hydrogens (tertiary/aromatic N) is 1. The van der Waals surface area contributed by atoms with Gasteiger partial charge in [-0.15, -0.1) is 0 Å². The van der Waals surface area contributed by atoms with Crippen LogP contribution >= 0.6 is 11.8 Å². The number of nitrogens with two attached hydrogens (primary N) is 2. The molecule has 13 N–H and O–H groups in total. The minimum Gasteiger partial charge on any atom is -0.508 e. The van der Waals surface area contributed by atoms with Crippen LogP contribution in [0.1, 0.15) is 76.1 Å². The van der Waals surface area contributed by atoms with E-state index in [0.29, 0.717) is 35.4 Å². The Balaban J connectivity index is 1.89. The highest BCUT2D eigenvalue weighted by molar-refractivity contribution is 7.98. The number of aromatic nitrogens is 2. The predicted molar refractivity (Wildman–Crippen MR) is 247 cm³/mol. The number of hydrogen-bond acceptors (Lipinski definition) is 12. The standard InChI is InChI=1S/C45H64N10O10S/c1-5-6-12-32(41(61)52-34(39(47)59)23-38(57)58)51-43(63)35(19-26(2)3)53-45(65)37(22-29-24-48-25-49-29)55-44(64)36(21-27-10-8-7-9-11-27)54-42(62)33(17-18-66-4)50-40(60)31(46)20-28-13-15-30(56)16-14-28/h7-11,13-16,24-26,31-37,56H,5-6,12,17-23,46H2,1-4H3,(H2,47,59)(H,48,49)(H,50,60)(H,51,63)(H,52,61)(H,53,65)(H,54,62)(H,55,64)(H,57,58)/t31-,32-,33+,34-,35-,36-,37-/m0/s1. The first-order valence-electron chi connectivity index (χ1n) is 21.8. The molecule has 0 spiro atoms. The summed E-state index contributed by atoms with van der Waals surface area (Å²) in [4.78, 5) is 114. The molecule has 3 rings (SSSR count). The van der Waals surface area contributed by atoms with Crippen LogP contribution in [0.25, 0.3) is 0 Å². The Hall–Kier alpha value is -6.48. The van der Waals surface area contributed by atoms with Crippen molar-refractivity contribution < 1.29 is 48.6 Å². The number of rotatable bonds is 29. The zero-order chi connectivity index (χ0) is 48.8. The number of carboxylic acid groups (broad SMARTS) is 1. The van der Waals surface area contributed by atoms with Crippen molar-refractivity contribution in [1.29, 1.82) is 0 Å². The minimum atomic E-state index is -1.54. The molecule has 360 valence electrons. The number of primary amides is 1. The zero-order valence-electron chi connectivity index (χ0n) is 37.7. The van der Waals surface area contributed by atoms with E-state index in [2.05, 4.69) is 41.9 Å². The first-order chi connectivity index (χ1) is 31.4. The molecular weight excluding hydrogens is 873 g/mol. The SMILES string of the molecule is CCCC[C@H](NC(=O)[C@H](CC(C)C)NC(=O)[C@H](Cc1cnc[nH]1)NC(=O)[C@H](Cc1ccccc1)NC(=O)[C@@H](CCSC)NC(=O)[C@@H](N)Cc1ccc(O)cc1)C(=O)N[C@@H](CC(=O)O)C(N)=O. The van der Waals surface area contributed by atoms with E-state index in [1.54, 1.807) is 42.5 Å². The van der Waals surface area contributed by atoms with Gasteiger partial charge in [-0.3, -0.25) is 38.4 Å². The summed E-state index contributed by atoms with van der Waals surface area (Å²) in [6.45, 7) is 5.49. The van der Waals surface area contributed by atoms with Gasteiger partial charge in [-0.25, -0.2) is 4.98 Å². The van der Waals surface area contributed by atoms with E-state index in [1.807, 2.05) is 27.0 Å². The summed E-state index contributed by atoms with van der Waals surface area (Å²) in [6.07, 6.45) is 5.43. The highest BCUT2D eigenvalue weighted by atomic mass is 32.2. The van der Waals surface area contributed by atoms with Crippen LogP contribution in [0.4, 0.5) is 0 Å². The van der Waals surface area contributed by atoms with E-state index in [1.165, 1.54) is 36.4 Å². The van der Waals surface area contributed by atoms with Crippen LogP contribution in [0, 0.1) is 5.92 Å². The molecule has 7 amide bonds. The van der Waals surface area contributed by atoms with Gasteiger partial charge in [0.2, 0.25) is 41.4 Å². The Morgan fingerprint density at radius 1 is 0.682 bits per heavy atom. The number of unbranched alkanes of at least 4 members (excludes halogenated alkanes) is 1. The van der Waals surface area contributed by atoms with Gasteiger partial charge >= 0.3 is 5.97 Å². The molecule has 0 aliphatic heterocycles. The second-order valence-corrected chi connectivity index (χ2v) is 17.4. The summed E-state index contributed by atoms with van der Waals surface area (Å²) in [6, 6.07) is 6.33. The Morgan fingerprint density at radius 2 is 1.20 bits per heavy atom. The molecule has 7 atom stereocenters. The van der Waals surface area contributed by atoms with Crippen molar-refractivity contribution in [2.75, 3.05) is 12.0 Å². The molecular formula is C45H64N10O10S. The number of phenolic OH excluding ortho intramolecular Hbond substituents is 1. The number of hydrogen-bond donors (Lipinski definition) is 11. The molecule has 3 aromatic rings. The summed E-state index contributed by atoms with van der Waals surface area (Å²) in [5.41, 5.74) is 13.4. The summed E-state index contributed by atoms with van der Waals surface area (Å²) >= 11 is 1.45. The van der Waals surface area contributed by atoms with Crippen LogP contribution in [-0.2, 0) is 57.6 Å². The Morgan fingerprint density at radius 3 is 1.74 bits per heavy atom. The lowest BCUT2D eigenvalue weighted by molar-refractivity contribution is -0.140. The molecule has 1 heterocycles. The van der Waals surface area contributed by atoms with Gasteiger partial charge in [-0.05, 0) is 66.9 Å². The van der Waals surface area contributed by atoms with Gasteiger partial charge in [0, 0.05) is 24.7 Å². The van der Waals surface area contributed by atoms with E-state index < -0.39 is 96.0 Å². The number of benzene rings is 2. The van der Waals surface area contributed by atoms with Crippen molar-refractivity contribution in [3.05, 3.63) is 83.9 Å². The fourth-order valence-corrected chi connectivity index (χ4v) is 7.26. The van der Waals surface area contributed by atoms with E-state index >= 15 is 0 Å². The maximum Gasteiger partial charge on any atom is 0.305 e. The first kappa shape index (κ1) is 53.9. The molecule has 0 unspecified atom stereocenters. The molecule has 0 saturated heterocycles. The third-order valence-electron chi connectivity index (χ3n) is 10.4. The highest BCUT2D eigenvalue weighted by Crippen LogP contribution is 2.13. The fourth-order valence-electron chi connectivity index (χ4n) is 6.79. The number of nitrogens with one attached hydrogen (secondary N) is 7. The second kappa shape index (κ2) is 27.8. The maximum absolute atomic E-state index is 14.4. The van der Waals surface area contributed by atoms with E-state index in [9.17, 15) is 48.6 Å². The van der Waals surface area contributed by atoms with E-state index in [0.717, 1.165) is 0 Å². The van der Waals surface area contributed by atoms with Gasteiger partial charge in [0.25, 0.3) is 0 Å². The molecule has 66 heavy (non-hydrogen) atoms. The lowest BCUT2D eigenvalue weighted by Gasteiger charge is -2.28. The number of aromatic hydroxyl groups is 1. The number of aliphatic carboxylic acids is 1. The van der Waals surface area contributed by atoms with Gasteiger partial charge in [0.1, 0.15) is 42.0 Å². The fraction of sp³-hybridized carbons (Fsp3) is 0.489. The van der Waals surface area contributed by atoms with Crippen molar-refractivity contribution in [2.45, 2.75) is 121 Å². The number of carboxylic acids is 1. The van der Waals surface area contributed by atoms with Crippen LogP contribution in [-0.4, -0.2) is 122 Å². The third kappa shape index (κ3) is 18.9. The van der Waals surface area contributed by atoms with Crippen LogP contribution < -0.4 is 43.4 Å². The Bertz CT molecular complexity index is 2060.